The van der Waals surface area contributed by atoms with Gasteiger partial charge >= 0.3 is 0 Å². The molecule has 1 amide bonds. The van der Waals surface area contributed by atoms with Gasteiger partial charge in [0.05, 0.1) is 16.3 Å². The molecule has 0 unspecified atom stereocenters. The van der Waals surface area contributed by atoms with E-state index >= 15 is 0 Å². The number of nitrogens with one attached hydrogen (secondary N) is 1. The molecule has 1 N–H and O–H groups in total. The predicted molar refractivity (Wildman–Crippen MR) is 106 cm³/mol. The third-order valence-electron chi connectivity index (χ3n) is 4.63. The molecule has 0 aromatic heterocycles. The molecule has 7 heteroatoms. The van der Waals surface area contributed by atoms with Gasteiger partial charge in [-0.3, -0.25) is 4.79 Å². The summed E-state index contributed by atoms with van der Waals surface area (Å²) >= 11 is 0. The fourth-order valence-corrected chi connectivity index (χ4v) is 4.60. The Morgan fingerprint density at radius 3 is 2.42 bits per heavy atom. The molecule has 0 radical (unpaired) electrons. The summed E-state index contributed by atoms with van der Waals surface area (Å²) in [4.78, 5) is 14.4. The average Bonchev–Trinajstić information content (AvgIpc) is 2.60. The molecule has 6 nitrogen and oxygen atoms in total. The number of rotatable bonds is 7. The normalized spacial score (nSPS) is 15.9. The summed E-state index contributed by atoms with van der Waals surface area (Å²) in [5, 5.41) is 2.90. The smallest absolute Gasteiger partial charge is 0.243 e. The molecule has 1 fully saturated rings. The van der Waals surface area contributed by atoms with Gasteiger partial charge in [-0.25, -0.2) is 8.42 Å². The van der Waals surface area contributed by atoms with Crippen LogP contribution in [0.3, 0.4) is 0 Å². The van der Waals surface area contributed by atoms with Crippen LogP contribution in [0.25, 0.3) is 0 Å². The number of anilines is 2. The number of hydrogen-bond donors (Lipinski definition) is 1. The standard InChI is InChI=1S/C19H31N3O3S/c1-15(2)8-11-19(23)20-17-14-16(9-10-18(17)21(3)4)26(24,25)22-12-6-5-7-13-22/h9-10,14-15H,5-8,11-13H2,1-4H3,(H,20,23). The molecule has 0 spiro atoms. The predicted octanol–water partition coefficient (Wildman–Crippen LogP) is 3.30. The van der Waals surface area contributed by atoms with Gasteiger partial charge in [-0.15, -0.1) is 0 Å². The van der Waals surface area contributed by atoms with Gasteiger partial charge in [0.25, 0.3) is 0 Å². The zero-order valence-electron chi connectivity index (χ0n) is 16.3. The number of nitrogens with zero attached hydrogens (tertiary/aromatic N) is 2. The van der Waals surface area contributed by atoms with Crippen LogP contribution in [0.5, 0.6) is 0 Å². The average molecular weight is 382 g/mol. The first-order valence-corrected chi connectivity index (χ1v) is 10.8. The van der Waals surface area contributed by atoms with Crippen molar-refractivity contribution in [1.82, 2.24) is 4.31 Å². The number of benzene rings is 1. The first-order chi connectivity index (χ1) is 12.2. The number of carbonyl (C=O) groups excluding carboxylic acids is 1. The molecule has 0 atom stereocenters. The van der Waals surface area contributed by atoms with E-state index in [0.29, 0.717) is 31.1 Å². The van der Waals surface area contributed by atoms with Crippen LogP contribution in [0, 0.1) is 5.92 Å². The fraction of sp³-hybridized carbons (Fsp3) is 0.632. The van der Waals surface area contributed by atoms with Gasteiger partial charge in [0.1, 0.15) is 0 Å². The molecule has 0 bridgehead atoms. The number of hydrogen-bond acceptors (Lipinski definition) is 4. The van der Waals surface area contributed by atoms with Crippen molar-refractivity contribution in [3.8, 4) is 0 Å². The van der Waals surface area contributed by atoms with E-state index in [4.69, 9.17) is 0 Å². The van der Waals surface area contributed by atoms with Gasteiger partial charge in [0.2, 0.25) is 15.9 Å². The number of amides is 1. The van der Waals surface area contributed by atoms with Gasteiger partial charge < -0.3 is 10.2 Å². The lowest BCUT2D eigenvalue weighted by Gasteiger charge is -2.26. The number of piperidine rings is 1. The van der Waals surface area contributed by atoms with Crippen LogP contribution in [0.15, 0.2) is 23.1 Å². The van der Waals surface area contributed by atoms with Crippen molar-refractivity contribution in [2.75, 3.05) is 37.4 Å². The molecule has 0 aliphatic carbocycles. The van der Waals surface area contributed by atoms with E-state index in [-0.39, 0.29) is 10.8 Å². The quantitative estimate of drug-likeness (QED) is 0.787. The van der Waals surface area contributed by atoms with Crippen LogP contribution in [-0.4, -0.2) is 45.8 Å². The maximum absolute atomic E-state index is 12.9. The first-order valence-electron chi connectivity index (χ1n) is 9.33. The Labute approximate surface area is 157 Å². The van der Waals surface area contributed by atoms with Crippen LogP contribution in [0.1, 0.15) is 46.0 Å². The molecule has 1 aromatic rings. The molecule has 2 rings (SSSR count). The summed E-state index contributed by atoms with van der Waals surface area (Å²) in [6, 6.07) is 4.98. The second-order valence-corrected chi connectivity index (χ2v) is 9.46. The van der Waals surface area contributed by atoms with Crippen molar-refractivity contribution in [3.05, 3.63) is 18.2 Å². The highest BCUT2D eigenvalue weighted by Crippen LogP contribution is 2.30. The monoisotopic (exact) mass is 381 g/mol. The summed E-state index contributed by atoms with van der Waals surface area (Å²) in [6.07, 6.45) is 4.09. The van der Waals surface area contributed by atoms with Crippen molar-refractivity contribution in [2.24, 2.45) is 5.92 Å². The first kappa shape index (κ1) is 20.7. The van der Waals surface area contributed by atoms with Crippen molar-refractivity contribution >= 4 is 27.3 Å². The summed E-state index contributed by atoms with van der Waals surface area (Å²) in [5.41, 5.74) is 1.34. The van der Waals surface area contributed by atoms with Crippen LogP contribution in [0.4, 0.5) is 11.4 Å². The minimum absolute atomic E-state index is 0.0886. The Bertz CT molecular complexity index is 724. The van der Waals surface area contributed by atoms with E-state index in [0.717, 1.165) is 31.4 Å². The van der Waals surface area contributed by atoms with E-state index in [1.807, 2.05) is 19.0 Å². The molecule has 1 aliphatic heterocycles. The van der Waals surface area contributed by atoms with Gasteiger partial charge in [0.15, 0.2) is 0 Å². The van der Waals surface area contributed by atoms with Crippen LogP contribution < -0.4 is 10.2 Å². The highest BCUT2D eigenvalue weighted by Gasteiger charge is 2.27. The minimum atomic E-state index is -3.52. The van der Waals surface area contributed by atoms with E-state index < -0.39 is 10.0 Å². The highest BCUT2D eigenvalue weighted by molar-refractivity contribution is 7.89. The molecular formula is C19H31N3O3S. The summed E-state index contributed by atoms with van der Waals surface area (Å²) < 4.78 is 27.4. The molecule has 1 saturated heterocycles. The van der Waals surface area contributed by atoms with E-state index in [9.17, 15) is 13.2 Å². The summed E-state index contributed by atoms with van der Waals surface area (Å²) in [7, 11) is 0.221. The number of carbonyl (C=O) groups is 1. The molecule has 1 heterocycles. The SMILES string of the molecule is CC(C)CCC(=O)Nc1cc(S(=O)(=O)N2CCCCC2)ccc1N(C)C. The largest absolute Gasteiger partial charge is 0.376 e. The molecule has 0 saturated carbocycles. The second kappa shape index (κ2) is 8.86. The van der Waals surface area contributed by atoms with Crippen LogP contribution in [-0.2, 0) is 14.8 Å². The summed E-state index contributed by atoms with van der Waals surface area (Å²) in [5.74, 6) is 0.356. The molecule has 146 valence electrons. The maximum atomic E-state index is 12.9. The second-order valence-electron chi connectivity index (χ2n) is 7.52. The lowest BCUT2D eigenvalue weighted by molar-refractivity contribution is -0.116. The Balaban J connectivity index is 2.28. The molecule has 1 aliphatic rings. The lowest BCUT2D eigenvalue weighted by atomic mass is 10.1. The lowest BCUT2D eigenvalue weighted by Crippen LogP contribution is -2.35. The van der Waals surface area contributed by atoms with Gasteiger partial charge in [-0.05, 0) is 43.4 Å². The van der Waals surface area contributed by atoms with Gasteiger partial charge in [0, 0.05) is 33.6 Å². The Morgan fingerprint density at radius 1 is 1.19 bits per heavy atom. The molecule has 1 aromatic carbocycles. The van der Waals surface area contributed by atoms with E-state index in [2.05, 4.69) is 19.2 Å². The van der Waals surface area contributed by atoms with Gasteiger partial charge in [-0.1, -0.05) is 20.3 Å². The fourth-order valence-electron chi connectivity index (χ4n) is 3.05. The molecule has 26 heavy (non-hydrogen) atoms. The van der Waals surface area contributed by atoms with E-state index in [1.165, 1.54) is 0 Å². The van der Waals surface area contributed by atoms with Crippen molar-refractivity contribution in [1.29, 1.82) is 0 Å². The van der Waals surface area contributed by atoms with E-state index in [1.54, 1.807) is 22.5 Å². The number of sulfonamides is 1. The van der Waals surface area contributed by atoms with Crippen molar-refractivity contribution < 1.29 is 13.2 Å². The topological polar surface area (TPSA) is 69.7 Å². The Kier molecular flexibility index (Phi) is 7.06. The Morgan fingerprint density at radius 2 is 1.85 bits per heavy atom. The maximum Gasteiger partial charge on any atom is 0.243 e. The van der Waals surface area contributed by atoms with Crippen molar-refractivity contribution in [2.45, 2.75) is 50.8 Å². The zero-order chi connectivity index (χ0) is 19.3. The van der Waals surface area contributed by atoms with Gasteiger partial charge in [-0.2, -0.15) is 4.31 Å². The third kappa shape index (κ3) is 5.20. The minimum Gasteiger partial charge on any atom is -0.376 e. The van der Waals surface area contributed by atoms with Crippen LogP contribution in [0.2, 0.25) is 0 Å². The molecular weight excluding hydrogens is 350 g/mol. The highest BCUT2D eigenvalue weighted by atomic mass is 32.2. The van der Waals surface area contributed by atoms with Crippen LogP contribution >= 0.6 is 0 Å². The Hall–Kier alpha value is -1.60. The third-order valence-corrected chi connectivity index (χ3v) is 6.52. The summed E-state index contributed by atoms with van der Waals surface area (Å²) in [6.45, 7) is 5.27. The zero-order valence-corrected chi connectivity index (χ0v) is 17.1. The van der Waals surface area contributed by atoms with Crippen molar-refractivity contribution in [3.63, 3.8) is 0 Å².